The molecule has 0 unspecified atom stereocenters. The number of carbonyl (C=O) groups excluding carboxylic acids is 1. The quantitative estimate of drug-likeness (QED) is 0.442. The average molecular weight is 401 g/mol. The molecule has 1 amide bonds. The van der Waals surface area contributed by atoms with E-state index in [1.807, 2.05) is 18.2 Å². The summed E-state index contributed by atoms with van der Waals surface area (Å²) in [5.41, 5.74) is 3.17. The molecule has 148 valence electrons. The summed E-state index contributed by atoms with van der Waals surface area (Å²) in [5.74, 6) is -0.707. The van der Waals surface area contributed by atoms with E-state index in [1.54, 1.807) is 24.3 Å². The van der Waals surface area contributed by atoms with Crippen LogP contribution in [0.2, 0.25) is 0 Å². The Hall–Kier alpha value is -2.48. The van der Waals surface area contributed by atoms with Gasteiger partial charge in [0, 0.05) is 12.6 Å². The van der Waals surface area contributed by atoms with Crippen LogP contribution in [0.4, 0.5) is 0 Å². The van der Waals surface area contributed by atoms with Gasteiger partial charge in [0.25, 0.3) is 5.91 Å². The molecule has 7 heteroatoms. The van der Waals surface area contributed by atoms with Crippen LogP contribution in [0.5, 0.6) is 0 Å². The summed E-state index contributed by atoms with van der Waals surface area (Å²) in [4.78, 5) is 13.7. The standard InChI is InChI=1S/C21H24N2O4S/c24-21(22-25)11-10-18-8-4-5-9-20(18)28(26,27)19-12-14-23(15-13-19)16-17-6-2-1-3-7-17/h1-11,19,25H,12-16H2,(H,22,24). The van der Waals surface area contributed by atoms with Crippen LogP contribution >= 0.6 is 0 Å². The molecule has 3 rings (SSSR count). The Morgan fingerprint density at radius 2 is 1.71 bits per heavy atom. The number of sulfone groups is 1. The van der Waals surface area contributed by atoms with E-state index in [-0.39, 0.29) is 4.90 Å². The number of benzene rings is 2. The highest BCUT2D eigenvalue weighted by Gasteiger charge is 2.32. The number of hydrogen-bond donors (Lipinski definition) is 2. The molecule has 0 bridgehead atoms. The van der Waals surface area contributed by atoms with Crippen molar-refractivity contribution in [3.05, 3.63) is 71.8 Å². The van der Waals surface area contributed by atoms with Crippen molar-refractivity contribution in [1.29, 1.82) is 0 Å². The molecule has 0 saturated carbocycles. The lowest BCUT2D eigenvalue weighted by atomic mass is 10.1. The van der Waals surface area contributed by atoms with Crippen molar-refractivity contribution in [3.63, 3.8) is 0 Å². The largest absolute Gasteiger partial charge is 0.299 e. The molecule has 0 spiro atoms. The second-order valence-corrected chi connectivity index (χ2v) is 9.05. The normalized spacial score (nSPS) is 16.3. The Labute approximate surface area is 165 Å². The summed E-state index contributed by atoms with van der Waals surface area (Å²) in [6, 6.07) is 16.8. The fourth-order valence-corrected chi connectivity index (χ4v) is 5.40. The van der Waals surface area contributed by atoms with E-state index in [1.165, 1.54) is 17.1 Å². The van der Waals surface area contributed by atoms with Crippen molar-refractivity contribution in [1.82, 2.24) is 10.4 Å². The molecule has 0 aliphatic carbocycles. The van der Waals surface area contributed by atoms with Crippen LogP contribution in [0, 0.1) is 0 Å². The molecular formula is C21H24N2O4S. The van der Waals surface area contributed by atoms with Gasteiger partial charge in [-0.05, 0) is 49.2 Å². The second-order valence-electron chi connectivity index (χ2n) is 6.85. The molecule has 1 aliphatic heterocycles. The number of likely N-dealkylation sites (tertiary alicyclic amines) is 1. The summed E-state index contributed by atoms with van der Waals surface area (Å²) < 4.78 is 26.4. The molecule has 2 aromatic rings. The van der Waals surface area contributed by atoms with Gasteiger partial charge in [0.1, 0.15) is 0 Å². The minimum atomic E-state index is -3.52. The molecule has 0 aromatic heterocycles. The zero-order valence-electron chi connectivity index (χ0n) is 15.5. The fraction of sp³-hybridized carbons (Fsp3) is 0.286. The molecule has 1 saturated heterocycles. The van der Waals surface area contributed by atoms with Gasteiger partial charge in [0.15, 0.2) is 9.84 Å². The third-order valence-corrected chi connectivity index (χ3v) is 7.31. The Morgan fingerprint density at radius 3 is 2.39 bits per heavy atom. The molecule has 1 fully saturated rings. The van der Waals surface area contributed by atoms with Crippen molar-refractivity contribution < 1.29 is 18.4 Å². The molecule has 1 aliphatic rings. The summed E-state index contributed by atoms with van der Waals surface area (Å²) in [6.45, 7) is 2.27. The average Bonchev–Trinajstić information content (AvgIpc) is 2.73. The molecular weight excluding hydrogens is 376 g/mol. The summed E-state index contributed by atoms with van der Waals surface area (Å²) in [5, 5.41) is 8.16. The van der Waals surface area contributed by atoms with Crippen molar-refractivity contribution in [3.8, 4) is 0 Å². The predicted molar refractivity (Wildman–Crippen MR) is 107 cm³/mol. The Morgan fingerprint density at radius 1 is 1.07 bits per heavy atom. The number of carbonyl (C=O) groups is 1. The molecule has 6 nitrogen and oxygen atoms in total. The van der Waals surface area contributed by atoms with Gasteiger partial charge in [-0.1, -0.05) is 48.5 Å². The zero-order chi connectivity index (χ0) is 20.0. The number of amides is 1. The van der Waals surface area contributed by atoms with Crippen LogP contribution in [-0.4, -0.2) is 42.8 Å². The summed E-state index contributed by atoms with van der Waals surface area (Å²) in [7, 11) is -3.52. The van der Waals surface area contributed by atoms with E-state index in [0.29, 0.717) is 18.4 Å². The molecule has 2 aromatic carbocycles. The van der Waals surface area contributed by atoms with Crippen LogP contribution in [0.1, 0.15) is 24.0 Å². The van der Waals surface area contributed by atoms with E-state index in [0.717, 1.165) is 25.7 Å². The van der Waals surface area contributed by atoms with E-state index in [9.17, 15) is 13.2 Å². The van der Waals surface area contributed by atoms with Crippen molar-refractivity contribution >= 4 is 21.8 Å². The number of piperidine rings is 1. The highest BCUT2D eigenvalue weighted by molar-refractivity contribution is 7.92. The number of nitrogens with one attached hydrogen (secondary N) is 1. The van der Waals surface area contributed by atoms with Crippen LogP contribution < -0.4 is 5.48 Å². The molecule has 0 radical (unpaired) electrons. The van der Waals surface area contributed by atoms with Gasteiger partial charge in [-0.2, -0.15) is 0 Å². The van der Waals surface area contributed by atoms with Gasteiger partial charge in [-0.3, -0.25) is 14.9 Å². The lowest BCUT2D eigenvalue weighted by molar-refractivity contribution is -0.124. The van der Waals surface area contributed by atoms with E-state index >= 15 is 0 Å². The lowest BCUT2D eigenvalue weighted by Crippen LogP contribution is -2.39. The van der Waals surface area contributed by atoms with Crippen LogP contribution in [-0.2, 0) is 21.2 Å². The monoisotopic (exact) mass is 400 g/mol. The van der Waals surface area contributed by atoms with Crippen LogP contribution in [0.15, 0.2) is 65.6 Å². The van der Waals surface area contributed by atoms with E-state index in [4.69, 9.17) is 5.21 Å². The first-order valence-electron chi connectivity index (χ1n) is 9.22. The first kappa shape index (κ1) is 20.3. The van der Waals surface area contributed by atoms with Gasteiger partial charge in [0.2, 0.25) is 0 Å². The van der Waals surface area contributed by atoms with Crippen LogP contribution in [0.25, 0.3) is 6.08 Å². The maximum atomic E-state index is 13.2. The Bertz CT molecular complexity index is 934. The fourth-order valence-electron chi connectivity index (χ4n) is 3.48. The summed E-state index contributed by atoms with van der Waals surface area (Å²) >= 11 is 0. The van der Waals surface area contributed by atoms with Crippen molar-refractivity contribution in [2.45, 2.75) is 29.5 Å². The smallest absolute Gasteiger partial charge is 0.267 e. The third kappa shape index (κ3) is 4.86. The molecule has 0 atom stereocenters. The minimum absolute atomic E-state index is 0.221. The topological polar surface area (TPSA) is 86.7 Å². The van der Waals surface area contributed by atoms with Gasteiger partial charge in [0.05, 0.1) is 10.1 Å². The Balaban J connectivity index is 1.71. The van der Waals surface area contributed by atoms with Gasteiger partial charge in [-0.15, -0.1) is 0 Å². The van der Waals surface area contributed by atoms with Gasteiger partial charge >= 0.3 is 0 Å². The number of nitrogens with zero attached hydrogens (tertiary/aromatic N) is 1. The minimum Gasteiger partial charge on any atom is -0.299 e. The number of hydroxylamine groups is 1. The van der Waals surface area contributed by atoms with Gasteiger partial charge in [-0.25, -0.2) is 13.9 Å². The maximum absolute atomic E-state index is 13.2. The molecule has 1 heterocycles. The van der Waals surface area contributed by atoms with Crippen molar-refractivity contribution in [2.24, 2.45) is 0 Å². The number of rotatable bonds is 6. The lowest BCUT2D eigenvalue weighted by Gasteiger charge is -2.32. The molecule has 28 heavy (non-hydrogen) atoms. The first-order chi connectivity index (χ1) is 13.5. The highest BCUT2D eigenvalue weighted by Crippen LogP contribution is 2.28. The van der Waals surface area contributed by atoms with Crippen LogP contribution in [0.3, 0.4) is 0 Å². The summed E-state index contributed by atoms with van der Waals surface area (Å²) in [6.07, 6.45) is 3.66. The zero-order valence-corrected chi connectivity index (χ0v) is 16.3. The highest BCUT2D eigenvalue weighted by atomic mass is 32.2. The molecule has 2 N–H and O–H groups in total. The van der Waals surface area contributed by atoms with E-state index < -0.39 is 21.0 Å². The van der Waals surface area contributed by atoms with E-state index in [2.05, 4.69) is 17.0 Å². The Kier molecular flexibility index (Phi) is 6.61. The van der Waals surface area contributed by atoms with Crippen molar-refractivity contribution in [2.75, 3.05) is 13.1 Å². The van der Waals surface area contributed by atoms with Gasteiger partial charge < -0.3 is 0 Å². The maximum Gasteiger partial charge on any atom is 0.267 e. The predicted octanol–water partition coefficient (Wildman–Crippen LogP) is 2.64. The second kappa shape index (κ2) is 9.14. The SMILES string of the molecule is O=C(C=Cc1ccccc1S(=O)(=O)C1CCN(Cc2ccccc2)CC1)NO. The number of hydrogen-bond acceptors (Lipinski definition) is 5. The first-order valence-corrected chi connectivity index (χ1v) is 10.8. The third-order valence-electron chi connectivity index (χ3n) is 4.97.